The topological polar surface area (TPSA) is 80.2 Å². The van der Waals surface area contributed by atoms with Crippen LogP contribution in [0.15, 0.2) is 42.5 Å². The van der Waals surface area contributed by atoms with E-state index in [-0.39, 0.29) is 24.1 Å². The van der Waals surface area contributed by atoms with Crippen LogP contribution in [-0.4, -0.2) is 40.6 Å². The van der Waals surface area contributed by atoms with Crippen LogP contribution in [0.25, 0.3) is 0 Å². The highest BCUT2D eigenvalue weighted by atomic mass is 19.1. The van der Waals surface area contributed by atoms with Crippen molar-refractivity contribution in [2.24, 2.45) is 0 Å². The minimum absolute atomic E-state index is 0.147. The lowest BCUT2D eigenvalue weighted by molar-refractivity contribution is -0.0897. The summed E-state index contributed by atoms with van der Waals surface area (Å²) in [5, 5.41) is 22.9. The molecule has 0 saturated carbocycles. The van der Waals surface area contributed by atoms with E-state index in [2.05, 4.69) is 5.32 Å². The summed E-state index contributed by atoms with van der Waals surface area (Å²) in [6.45, 7) is 10.3. The molecule has 3 N–H and O–H groups in total. The Bertz CT molecular complexity index is 868. The molecule has 0 aromatic heterocycles. The zero-order valence-electron chi connectivity index (χ0n) is 18.7. The number of benzene rings is 2. The first-order valence-electron chi connectivity index (χ1n) is 10.5. The first-order valence-corrected chi connectivity index (χ1v) is 10.5. The number of aliphatic hydroxyl groups excluding tert-OH is 1. The third-order valence-electron chi connectivity index (χ3n) is 6.02. The Kier molecular flexibility index (Phi) is 6.91. The summed E-state index contributed by atoms with van der Waals surface area (Å²) in [6, 6.07) is 10.9. The minimum atomic E-state index is -0.739. The molecule has 2 unspecified atom stereocenters. The molecule has 0 bridgehead atoms. The number of halogens is 1. The van der Waals surface area contributed by atoms with Gasteiger partial charge in [0, 0.05) is 18.2 Å². The highest BCUT2D eigenvalue weighted by Gasteiger charge is 2.49. The van der Waals surface area contributed by atoms with Crippen molar-refractivity contribution in [1.29, 1.82) is 0 Å². The Morgan fingerprint density at radius 2 is 1.68 bits per heavy atom. The Morgan fingerprint density at radius 3 is 2.26 bits per heavy atom. The highest BCUT2D eigenvalue weighted by molar-refractivity contribution is 5.31. The van der Waals surface area contributed by atoms with E-state index in [1.807, 2.05) is 34.6 Å². The van der Waals surface area contributed by atoms with Crippen molar-refractivity contribution in [3.8, 4) is 11.5 Å². The van der Waals surface area contributed by atoms with Gasteiger partial charge in [-0.15, -0.1) is 0 Å². The number of ether oxygens (including phenoxy) is 3. The van der Waals surface area contributed by atoms with Gasteiger partial charge in [-0.25, -0.2) is 4.39 Å². The Morgan fingerprint density at radius 1 is 1.06 bits per heavy atom. The summed E-state index contributed by atoms with van der Waals surface area (Å²) in [4.78, 5) is 0. The molecule has 1 fully saturated rings. The predicted molar refractivity (Wildman–Crippen MR) is 115 cm³/mol. The first kappa shape index (κ1) is 23.5. The summed E-state index contributed by atoms with van der Waals surface area (Å²) in [7, 11) is 0. The lowest BCUT2D eigenvalue weighted by atomic mass is 9.90. The average Bonchev–Trinajstić information content (AvgIpc) is 2.93. The molecule has 170 valence electrons. The number of hydrogen-bond donors (Lipinski definition) is 3. The number of rotatable bonds is 8. The molecule has 0 radical (unpaired) electrons. The summed E-state index contributed by atoms with van der Waals surface area (Å²) >= 11 is 0. The van der Waals surface area contributed by atoms with E-state index in [4.69, 9.17) is 14.2 Å². The summed E-state index contributed by atoms with van der Waals surface area (Å²) in [5.74, 6) is -0.185. The van der Waals surface area contributed by atoms with Gasteiger partial charge in [-0.05, 0) is 64.4 Å². The second kappa shape index (κ2) is 9.12. The van der Waals surface area contributed by atoms with E-state index >= 15 is 0 Å². The number of phenolic OH excluding ortho intramolecular Hbond substituents is 1. The molecule has 2 aromatic rings. The number of aromatic hydroxyl groups is 1. The fraction of sp³-hybridized carbons (Fsp3) is 0.500. The third-order valence-corrected chi connectivity index (χ3v) is 6.02. The number of nitrogens with one attached hydrogen (secondary N) is 1. The molecule has 7 heteroatoms. The molecule has 3 rings (SSSR count). The molecule has 0 amide bonds. The largest absolute Gasteiger partial charge is 0.508 e. The van der Waals surface area contributed by atoms with Gasteiger partial charge < -0.3 is 29.7 Å². The van der Waals surface area contributed by atoms with E-state index in [0.29, 0.717) is 17.7 Å². The zero-order chi connectivity index (χ0) is 22.8. The van der Waals surface area contributed by atoms with Gasteiger partial charge >= 0.3 is 0 Å². The molecular formula is C24H32FNO5. The van der Waals surface area contributed by atoms with E-state index in [9.17, 15) is 14.6 Å². The summed E-state index contributed by atoms with van der Waals surface area (Å²) in [5.41, 5.74) is 0.322. The molecule has 0 spiro atoms. The van der Waals surface area contributed by atoms with E-state index in [1.165, 1.54) is 18.2 Å². The Balaban J connectivity index is 1.49. The van der Waals surface area contributed by atoms with E-state index < -0.39 is 29.4 Å². The summed E-state index contributed by atoms with van der Waals surface area (Å²) < 4.78 is 32.0. The van der Waals surface area contributed by atoms with Crippen molar-refractivity contribution in [2.45, 2.75) is 64.3 Å². The van der Waals surface area contributed by atoms with Gasteiger partial charge in [0.15, 0.2) is 17.9 Å². The molecule has 2 atom stereocenters. The molecule has 6 nitrogen and oxygen atoms in total. The van der Waals surface area contributed by atoms with Crippen LogP contribution in [0.5, 0.6) is 11.5 Å². The maximum atomic E-state index is 14.5. The molecule has 31 heavy (non-hydrogen) atoms. The quantitative estimate of drug-likeness (QED) is 0.541. The van der Waals surface area contributed by atoms with Crippen LogP contribution in [-0.2, 0) is 9.47 Å². The van der Waals surface area contributed by atoms with Crippen LogP contribution < -0.4 is 10.1 Å². The van der Waals surface area contributed by atoms with Gasteiger partial charge in [0.2, 0.25) is 0 Å². The maximum Gasteiger partial charge on any atom is 0.185 e. The van der Waals surface area contributed by atoms with Crippen molar-refractivity contribution in [3.63, 3.8) is 0 Å². The fourth-order valence-electron chi connectivity index (χ4n) is 3.28. The van der Waals surface area contributed by atoms with Gasteiger partial charge in [0.05, 0.1) is 17.3 Å². The van der Waals surface area contributed by atoms with Gasteiger partial charge in [-0.1, -0.05) is 18.2 Å². The van der Waals surface area contributed by atoms with E-state index in [1.54, 1.807) is 24.3 Å². The average molecular weight is 434 g/mol. The van der Waals surface area contributed by atoms with Crippen LogP contribution in [0.3, 0.4) is 0 Å². The normalized spacial score (nSPS) is 19.8. The highest BCUT2D eigenvalue weighted by Crippen LogP contribution is 2.45. The van der Waals surface area contributed by atoms with Crippen LogP contribution in [0.2, 0.25) is 0 Å². The maximum absolute atomic E-state index is 14.5. The van der Waals surface area contributed by atoms with Crippen LogP contribution in [0.4, 0.5) is 4.39 Å². The van der Waals surface area contributed by atoms with E-state index in [0.717, 1.165) is 0 Å². The van der Waals surface area contributed by atoms with Crippen LogP contribution >= 0.6 is 0 Å². The third kappa shape index (κ3) is 5.36. The Hall–Kier alpha value is -2.19. The second-order valence-electron chi connectivity index (χ2n) is 8.91. The molecule has 1 saturated heterocycles. The van der Waals surface area contributed by atoms with Gasteiger partial charge in [0.25, 0.3) is 0 Å². The predicted octanol–water partition coefficient (Wildman–Crippen LogP) is 4.22. The van der Waals surface area contributed by atoms with Gasteiger partial charge in [0.1, 0.15) is 12.4 Å². The monoisotopic (exact) mass is 433 g/mol. The van der Waals surface area contributed by atoms with Crippen LogP contribution in [0, 0.1) is 5.82 Å². The van der Waals surface area contributed by atoms with Crippen molar-refractivity contribution < 1.29 is 28.8 Å². The van der Waals surface area contributed by atoms with Crippen molar-refractivity contribution in [3.05, 3.63) is 59.4 Å². The standard InChI is InChI=1S/C24H32FNO5/c1-15(21(28)16-6-9-18(27)10-7-16)26-12-13-29-20-11-8-17(14-19(20)25)22-30-23(2,3)24(4,5)31-22/h6-11,14-15,21-22,26-28H,12-13H2,1-5H3. The fourth-order valence-corrected chi connectivity index (χ4v) is 3.28. The molecule has 1 aliphatic heterocycles. The number of phenols is 1. The minimum Gasteiger partial charge on any atom is -0.508 e. The van der Waals surface area contributed by atoms with Gasteiger partial charge in [-0.2, -0.15) is 0 Å². The zero-order valence-corrected chi connectivity index (χ0v) is 18.7. The molecular weight excluding hydrogens is 401 g/mol. The number of hydrogen-bond acceptors (Lipinski definition) is 6. The molecule has 1 aliphatic rings. The lowest BCUT2D eigenvalue weighted by Crippen LogP contribution is -2.41. The Labute approximate surface area is 183 Å². The number of aliphatic hydroxyl groups is 1. The van der Waals surface area contributed by atoms with Crippen molar-refractivity contribution >= 4 is 0 Å². The molecule has 1 heterocycles. The molecule has 0 aliphatic carbocycles. The van der Waals surface area contributed by atoms with Crippen molar-refractivity contribution in [2.75, 3.05) is 13.2 Å². The summed E-state index contributed by atoms with van der Waals surface area (Å²) in [6.07, 6.45) is -1.37. The smallest absolute Gasteiger partial charge is 0.185 e. The lowest BCUT2D eigenvalue weighted by Gasteiger charge is -2.30. The second-order valence-corrected chi connectivity index (χ2v) is 8.91. The first-order chi connectivity index (χ1) is 14.5. The SMILES string of the molecule is CC(NCCOc1ccc(C2OC(C)(C)C(C)(C)O2)cc1F)C(O)c1ccc(O)cc1. The van der Waals surface area contributed by atoms with Gasteiger partial charge in [-0.3, -0.25) is 0 Å². The van der Waals surface area contributed by atoms with Crippen molar-refractivity contribution in [1.82, 2.24) is 5.32 Å². The van der Waals surface area contributed by atoms with Crippen LogP contribution in [0.1, 0.15) is 58.1 Å². The molecule has 2 aromatic carbocycles.